The third-order valence-electron chi connectivity index (χ3n) is 4.97. The first-order valence-electron chi connectivity index (χ1n) is 10.1. The van der Waals surface area contributed by atoms with E-state index in [0.717, 1.165) is 12.0 Å². The predicted molar refractivity (Wildman–Crippen MR) is 116 cm³/mol. The molecule has 1 aliphatic rings. The molecule has 0 radical (unpaired) electrons. The van der Waals surface area contributed by atoms with Gasteiger partial charge in [0, 0.05) is 31.6 Å². The molecule has 3 N–H and O–H groups in total. The number of amides is 2. The van der Waals surface area contributed by atoms with Gasteiger partial charge in [-0.05, 0) is 55.5 Å². The molecule has 0 saturated heterocycles. The van der Waals surface area contributed by atoms with Crippen molar-refractivity contribution in [2.24, 2.45) is 0 Å². The van der Waals surface area contributed by atoms with E-state index in [1.54, 1.807) is 12.1 Å². The number of carbonyl (C=O) groups is 2. The number of anilines is 1. The van der Waals surface area contributed by atoms with Gasteiger partial charge < -0.3 is 10.6 Å². The Morgan fingerprint density at radius 3 is 2.73 bits per heavy atom. The Balaban J connectivity index is 1.40. The van der Waals surface area contributed by atoms with Crippen molar-refractivity contribution in [3.05, 3.63) is 59.2 Å². The van der Waals surface area contributed by atoms with E-state index in [-0.39, 0.29) is 29.7 Å². The zero-order valence-corrected chi connectivity index (χ0v) is 17.8. The summed E-state index contributed by atoms with van der Waals surface area (Å²) in [6.07, 6.45) is 2.30. The molecular weight excluding hydrogens is 402 g/mol. The first kappa shape index (κ1) is 22.0. The Bertz CT molecular complexity index is 1030. The van der Waals surface area contributed by atoms with Crippen LogP contribution in [0, 0.1) is 6.92 Å². The van der Waals surface area contributed by atoms with E-state index in [0.29, 0.717) is 31.5 Å². The zero-order chi connectivity index (χ0) is 21.6. The Hall–Kier alpha value is -2.71. The molecule has 1 aliphatic heterocycles. The lowest BCUT2D eigenvalue weighted by molar-refractivity contribution is -0.121. The average molecular weight is 430 g/mol. The van der Waals surface area contributed by atoms with E-state index in [1.165, 1.54) is 17.2 Å². The third-order valence-corrected chi connectivity index (χ3v) is 6.43. The summed E-state index contributed by atoms with van der Waals surface area (Å²) in [7, 11) is -3.66. The molecule has 0 spiro atoms. The quantitative estimate of drug-likeness (QED) is 0.532. The molecule has 0 saturated carbocycles. The van der Waals surface area contributed by atoms with Crippen LogP contribution in [0.15, 0.2) is 47.4 Å². The fourth-order valence-corrected chi connectivity index (χ4v) is 4.49. The molecule has 0 fully saturated rings. The Labute approximate surface area is 177 Å². The first-order valence-corrected chi connectivity index (χ1v) is 11.6. The van der Waals surface area contributed by atoms with Crippen LogP contribution >= 0.6 is 0 Å². The minimum absolute atomic E-state index is 0.0617. The third kappa shape index (κ3) is 6.14. The van der Waals surface area contributed by atoms with Crippen LogP contribution < -0.4 is 15.4 Å². The van der Waals surface area contributed by atoms with Gasteiger partial charge in [0.2, 0.25) is 21.8 Å². The number of hydrogen-bond donors (Lipinski definition) is 3. The number of aryl methyl sites for hydroxylation is 2. The SMILES string of the molecule is Cc1cccc(CCNC(=O)CCCNS(=O)(=O)c2ccc3c(c2)CCC(=O)N3)c1. The van der Waals surface area contributed by atoms with Crippen LogP contribution in [0.25, 0.3) is 0 Å². The lowest BCUT2D eigenvalue weighted by atomic mass is 10.0. The molecule has 0 unspecified atom stereocenters. The summed E-state index contributed by atoms with van der Waals surface area (Å²) in [5.41, 5.74) is 3.83. The van der Waals surface area contributed by atoms with Crippen molar-refractivity contribution in [3.8, 4) is 0 Å². The van der Waals surface area contributed by atoms with Gasteiger partial charge in [-0.1, -0.05) is 29.8 Å². The second-order valence-corrected chi connectivity index (χ2v) is 9.22. The summed E-state index contributed by atoms with van der Waals surface area (Å²) < 4.78 is 27.5. The molecule has 160 valence electrons. The number of nitrogens with one attached hydrogen (secondary N) is 3. The predicted octanol–water partition coefficient (Wildman–Crippen LogP) is 2.30. The van der Waals surface area contributed by atoms with E-state index >= 15 is 0 Å². The molecule has 8 heteroatoms. The standard InChI is InChI=1S/C22H27N3O4S/c1-16-4-2-5-17(14-16)11-13-23-21(26)6-3-12-24-30(28,29)19-8-9-20-18(15-19)7-10-22(27)25-20/h2,4-5,8-9,14-15,24H,3,6-7,10-13H2,1H3,(H,23,26)(H,25,27). The minimum Gasteiger partial charge on any atom is -0.356 e. The second kappa shape index (κ2) is 9.86. The van der Waals surface area contributed by atoms with Crippen LogP contribution in [-0.4, -0.2) is 33.3 Å². The normalized spacial score (nSPS) is 13.4. The van der Waals surface area contributed by atoms with Gasteiger partial charge in [0.25, 0.3) is 0 Å². The fraction of sp³-hybridized carbons (Fsp3) is 0.364. The van der Waals surface area contributed by atoms with Crippen LogP contribution in [0.3, 0.4) is 0 Å². The Kier molecular flexibility index (Phi) is 7.23. The highest BCUT2D eigenvalue weighted by atomic mass is 32.2. The van der Waals surface area contributed by atoms with Gasteiger partial charge in [-0.2, -0.15) is 0 Å². The number of hydrogen-bond acceptors (Lipinski definition) is 4. The molecular formula is C22H27N3O4S. The van der Waals surface area contributed by atoms with E-state index in [1.807, 2.05) is 25.1 Å². The van der Waals surface area contributed by atoms with Gasteiger partial charge in [-0.15, -0.1) is 0 Å². The molecule has 2 amide bonds. The van der Waals surface area contributed by atoms with E-state index < -0.39 is 10.0 Å². The van der Waals surface area contributed by atoms with Crippen LogP contribution in [0.5, 0.6) is 0 Å². The maximum absolute atomic E-state index is 12.5. The lowest BCUT2D eigenvalue weighted by Gasteiger charge is -2.17. The number of carbonyl (C=O) groups excluding carboxylic acids is 2. The van der Waals surface area contributed by atoms with Crippen molar-refractivity contribution in [2.75, 3.05) is 18.4 Å². The van der Waals surface area contributed by atoms with Crippen molar-refractivity contribution in [2.45, 2.75) is 43.9 Å². The molecule has 2 aromatic rings. The average Bonchev–Trinajstić information content (AvgIpc) is 2.71. The topological polar surface area (TPSA) is 104 Å². The summed E-state index contributed by atoms with van der Waals surface area (Å²) in [4.78, 5) is 23.5. The lowest BCUT2D eigenvalue weighted by Crippen LogP contribution is -2.29. The minimum atomic E-state index is -3.66. The van der Waals surface area contributed by atoms with Crippen LogP contribution in [-0.2, 0) is 32.5 Å². The van der Waals surface area contributed by atoms with Crippen LogP contribution in [0.2, 0.25) is 0 Å². The highest BCUT2D eigenvalue weighted by Gasteiger charge is 2.19. The van der Waals surface area contributed by atoms with Gasteiger partial charge >= 0.3 is 0 Å². The second-order valence-electron chi connectivity index (χ2n) is 7.46. The molecule has 1 heterocycles. The number of benzene rings is 2. The van der Waals surface area contributed by atoms with Crippen LogP contribution in [0.1, 0.15) is 36.0 Å². The Morgan fingerprint density at radius 2 is 1.93 bits per heavy atom. The summed E-state index contributed by atoms with van der Waals surface area (Å²) in [6.45, 7) is 2.77. The molecule has 0 bridgehead atoms. The molecule has 0 atom stereocenters. The summed E-state index contributed by atoms with van der Waals surface area (Å²) in [6, 6.07) is 12.8. The maximum atomic E-state index is 12.5. The molecule has 0 aromatic heterocycles. The van der Waals surface area contributed by atoms with E-state index in [9.17, 15) is 18.0 Å². The summed E-state index contributed by atoms with van der Waals surface area (Å²) in [5.74, 6) is -0.153. The van der Waals surface area contributed by atoms with Crippen molar-refractivity contribution in [3.63, 3.8) is 0 Å². The maximum Gasteiger partial charge on any atom is 0.240 e. The number of sulfonamides is 1. The number of rotatable bonds is 9. The highest BCUT2D eigenvalue weighted by molar-refractivity contribution is 7.89. The smallest absolute Gasteiger partial charge is 0.240 e. The molecule has 3 rings (SSSR count). The number of fused-ring (bicyclic) bond motifs is 1. The van der Waals surface area contributed by atoms with Crippen molar-refractivity contribution < 1.29 is 18.0 Å². The molecule has 2 aromatic carbocycles. The molecule has 30 heavy (non-hydrogen) atoms. The highest BCUT2D eigenvalue weighted by Crippen LogP contribution is 2.25. The molecule has 7 nitrogen and oxygen atoms in total. The van der Waals surface area contributed by atoms with Gasteiger partial charge in [0.1, 0.15) is 0 Å². The monoisotopic (exact) mass is 429 g/mol. The summed E-state index contributed by atoms with van der Waals surface area (Å²) in [5, 5.41) is 5.60. The van der Waals surface area contributed by atoms with Gasteiger partial charge in [0.15, 0.2) is 0 Å². The van der Waals surface area contributed by atoms with Gasteiger partial charge in [-0.25, -0.2) is 13.1 Å². The van der Waals surface area contributed by atoms with Gasteiger partial charge in [-0.3, -0.25) is 9.59 Å². The van der Waals surface area contributed by atoms with Crippen molar-refractivity contribution in [1.82, 2.24) is 10.0 Å². The van der Waals surface area contributed by atoms with E-state index in [4.69, 9.17) is 0 Å². The van der Waals surface area contributed by atoms with Crippen molar-refractivity contribution >= 4 is 27.5 Å². The largest absolute Gasteiger partial charge is 0.356 e. The summed E-state index contributed by atoms with van der Waals surface area (Å²) >= 11 is 0. The van der Waals surface area contributed by atoms with Gasteiger partial charge in [0.05, 0.1) is 4.90 Å². The fourth-order valence-electron chi connectivity index (χ4n) is 3.37. The van der Waals surface area contributed by atoms with E-state index in [2.05, 4.69) is 21.4 Å². The zero-order valence-electron chi connectivity index (χ0n) is 17.0. The van der Waals surface area contributed by atoms with Crippen molar-refractivity contribution in [1.29, 1.82) is 0 Å². The Morgan fingerprint density at radius 1 is 1.10 bits per heavy atom. The molecule has 0 aliphatic carbocycles. The van der Waals surface area contributed by atoms with Crippen LogP contribution in [0.4, 0.5) is 5.69 Å². The first-order chi connectivity index (χ1) is 14.3.